The first-order valence-corrected chi connectivity index (χ1v) is 6.79. The molecule has 0 aliphatic heterocycles. The van der Waals surface area contributed by atoms with Gasteiger partial charge in [0.1, 0.15) is 5.01 Å². The average molecular weight is 312 g/mol. The van der Waals surface area contributed by atoms with Gasteiger partial charge in [-0.2, -0.15) is 24.7 Å². The van der Waals surface area contributed by atoms with Crippen molar-refractivity contribution in [2.45, 2.75) is 13.1 Å². The van der Waals surface area contributed by atoms with Crippen LogP contribution in [-0.2, 0) is 30.2 Å². The second-order valence-corrected chi connectivity index (χ2v) is 4.76. The van der Waals surface area contributed by atoms with Crippen molar-refractivity contribution in [2.24, 2.45) is 0 Å². The summed E-state index contributed by atoms with van der Waals surface area (Å²) in [6, 6.07) is 18.4. The van der Waals surface area contributed by atoms with E-state index in [1.54, 1.807) is 11.3 Å². The van der Waals surface area contributed by atoms with Crippen LogP contribution in [-0.4, -0.2) is 4.98 Å². The fraction of sp³-hybridized carbons (Fsp3) is 0.133. The number of thiazole rings is 1. The molecule has 0 amide bonds. The Morgan fingerprint density at radius 2 is 1.95 bits per heavy atom. The monoisotopic (exact) mass is 312 g/mol. The standard InChI is InChI=1S/C10H11N2S.C5H5.Fe/c1-2-4-9(3-1)7-11-8-10-12-5-6-13-10;1-2-4-5-3-1;/h1-6,11H,7-8H2;1-5H;/q-5;-1;. The number of nitrogens with zero attached hydrogens (tertiary/aromatic N) is 1. The van der Waals surface area contributed by atoms with Gasteiger partial charge in [-0.1, -0.05) is 0 Å². The van der Waals surface area contributed by atoms with Gasteiger partial charge in [0.05, 0.1) is 0 Å². The molecular weight excluding hydrogens is 296 g/mol. The summed E-state index contributed by atoms with van der Waals surface area (Å²) in [5.41, 5.74) is 1.33. The van der Waals surface area contributed by atoms with Gasteiger partial charge < -0.3 is 35.1 Å². The summed E-state index contributed by atoms with van der Waals surface area (Å²) in [4.78, 5) is 4.19. The summed E-state index contributed by atoms with van der Waals surface area (Å²) < 4.78 is 0. The Morgan fingerprint density at radius 3 is 2.47 bits per heavy atom. The molecule has 0 spiro atoms. The third kappa shape index (κ3) is 6.50. The third-order valence-electron chi connectivity index (χ3n) is 2.38. The first-order valence-electron chi connectivity index (χ1n) is 5.91. The van der Waals surface area contributed by atoms with Gasteiger partial charge in [0.25, 0.3) is 0 Å². The van der Waals surface area contributed by atoms with E-state index in [4.69, 9.17) is 0 Å². The maximum Gasteiger partial charge on any atom is 0.106 e. The van der Waals surface area contributed by atoms with Crippen LogP contribution in [0.1, 0.15) is 10.6 Å². The van der Waals surface area contributed by atoms with Crippen molar-refractivity contribution >= 4 is 11.3 Å². The normalized spacial score (nSPS) is 9.26. The van der Waals surface area contributed by atoms with Gasteiger partial charge in [-0.3, -0.25) is 0 Å². The minimum Gasteiger partial charge on any atom is -0.748 e. The molecule has 0 aliphatic rings. The van der Waals surface area contributed by atoms with Crippen LogP contribution in [0.3, 0.4) is 0 Å². The van der Waals surface area contributed by atoms with Crippen LogP contribution in [0, 0.1) is 0 Å². The maximum atomic E-state index is 4.19. The molecule has 0 unspecified atom stereocenters. The van der Waals surface area contributed by atoms with Crippen molar-refractivity contribution in [1.82, 2.24) is 10.3 Å². The van der Waals surface area contributed by atoms with Crippen LogP contribution in [0.25, 0.3) is 0 Å². The fourth-order valence-corrected chi connectivity index (χ4v) is 2.09. The van der Waals surface area contributed by atoms with Crippen LogP contribution in [0.4, 0.5) is 0 Å². The molecule has 0 fully saturated rings. The molecule has 0 bridgehead atoms. The van der Waals surface area contributed by atoms with Crippen molar-refractivity contribution < 1.29 is 17.1 Å². The Hall–Kier alpha value is -1.19. The second-order valence-electron chi connectivity index (χ2n) is 3.78. The SMILES string of the molecule is [Fe].c1cc[cH-]c1.c1csc(CNC[c-]2[cH-][cH-][cH-][cH-]2)n1. The van der Waals surface area contributed by atoms with Crippen LogP contribution in [0.5, 0.6) is 0 Å². The summed E-state index contributed by atoms with van der Waals surface area (Å²) in [5.74, 6) is 0. The third-order valence-corrected chi connectivity index (χ3v) is 3.16. The quantitative estimate of drug-likeness (QED) is 0.588. The molecular formula is C15H16FeN2S-6. The van der Waals surface area contributed by atoms with E-state index in [2.05, 4.69) is 34.6 Å². The van der Waals surface area contributed by atoms with E-state index >= 15 is 0 Å². The molecule has 0 radical (unpaired) electrons. The zero-order valence-corrected chi connectivity index (χ0v) is 12.4. The van der Waals surface area contributed by atoms with Crippen molar-refractivity contribution in [3.63, 3.8) is 0 Å². The molecule has 1 aromatic heterocycles. The van der Waals surface area contributed by atoms with Crippen molar-refractivity contribution in [3.8, 4) is 0 Å². The van der Waals surface area contributed by atoms with Gasteiger partial charge in [-0.05, 0) is 0 Å². The molecule has 0 saturated heterocycles. The largest absolute Gasteiger partial charge is 0.748 e. The average Bonchev–Trinajstić information content (AvgIpc) is 3.16. The van der Waals surface area contributed by atoms with E-state index in [0.29, 0.717) is 0 Å². The Kier molecular flexibility index (Phi) is 8.10. The molecule has 1 N–H and O–H groups in total. The molecule has 19 heavy (non-hydrogen) atoms. The summed E-state index contributed by atoms with van der Waals surface area (Å²) >= 11 is 1.69. The number of hydrogen-bond acceptors (Lipinski definition) is 3. The molecule has 3 rings (SSSR count). The molecule has 106 valence electrons. The second kappa shape index (κ2) is 9.70. The predicted octanol–water partition coefficient (Wildman–Crippen LogP) is 3.55. The number of rotatable bonds is 4. The van der Waals surface area contributed by atoms with Crippen LogP contribution < -0.4 is 5.32 Å². The molecule has 2 aromatic carbocycles. The van der Waals surface area contributed by atoms with Crippen molar-refractivity contribution in [3.05, 3.63) is 76.7 Å². The molecule has 1 heterocycles. The van der Waals surface area contributed by atoms with Gasteiger partial charge in [-0.15, -0.1) is 11.3 Å². The van der Waals surface area contributed by atoms with E-state index in [1.165, 1.54) is 5.56 Å². The van der Waals surface area contributed by atoms with Crippen LogP contribution in [0.2, 0.25) is 0 Å². The van der Waals surface area contributed by atoms with E-state index in [-0.39, 0.29) is 17.1 Å². The molecule has 0 atom stereocenters. The summed E-state index contributed by atoms with van der Waals surface area (Å²) in [6.07, 6.45) is 1.84. The zero-order chi connectivity index (χ0) is 12.5. The Balaban J connectivity index is 0.000000256. The van der Waals surface area contributed by atoms with E-state index < -0.39 is 0 Å². The first-order chi connectivity index (χ1) is 8.95. The summed E-state index contributed by atoms with van der Waals surface area (Å²) in [5, 5.41) is 6.48. The van der Waals surface area contributed by atoms with Gasteiger partial charge in [0.15, 0.2) is 0 Å². The number of aromatic nitrogens is 1. The topological polar surface area (TPSA) is 24.9 Å². The zero-order valence-electron chi connectivity index (χ0n) is 10.5. The smallest absolute Gasteiger partial charge is 0.106 e. The van der Waals surface area contributed by atoms with E-state index in [0.717, 1.165) is 18.1 Å². The molecule has 0 aliphatic carbocycles. The maximum absolute atomic E-state index is 4.19. The van der Waals surface area contributed by atoms with E-state index in [9.17, 15) is 0 Å². The number of hydrogen-bond donors (Lipinski definition) is 1. The Labute approximate surface area is 128 Å². The van der Waals surface area contributed by atoms with Gasteiger partial charge >= 0.3 is 0 Å². The Morgan fingerprint density at radius 1 is 1.21 bits per heavy atom. The van der Waals surface area contributed by atoms with Crippen LogP contribution in [0.15, 0.2) is 66.2 Å². The van der Waals surface area contributed by atoms with Gasteiger partial charge in [-0.25, -0.2) is 17.1 Å². The molecule has 4 heteroatoms. The molecule has 0 saturated carbocycles. The van der Waals surface area contributed by atoms with Crippen LogP contribution >= 0.6 is 11.3 Å². The Bertz CT molecular complexity index is 435. The van der Waals surface area contributed by atoms with E-state index in [1.807, 2.05) is 41.9 Å². The molecule has 2 nitrogen and oxygen atoms in total. The van der Waals surface area contributed by atoms with Gasteiger partial charge in [0, 0.05) is 35.2 Å². The number of nitrogens with one attached hydrogen (secondary N) is 1. The fourth-order valence-electron chi connectivity index (χ4n) is 1.51. The minimum atomic E-state index is 0. The summed E-state index contributed by atoms with van der Waals surface area (Å²) in [7, 11) is 0. The van der Waals surface area contributed by atoms with Crippen molar-refractivity contribution in [1.29, 1.82) is 0 Å². The predicted molar refractivity (Wildman–Crippen MR) is 76.7 cm³/mol. The first kappa shape index (κ1) is 15.9. The molecule has 3 aromatic rings. The summed E-state index contributed by atoms with van der Waals surface area (Å²) in [6.45, 7) is 1.79. The minimum absolute atomic E-state index is 0. The van der Waals surface area contributed by atoms with Crippen molar-refractivity contribution in [2.75, 3.05) is 0 Å². The van der Waals surface area contributed by atoms with Gasteiger partial charge in [0.2, 0.25) is 0 Å².